The molecular weight excluding hydrogens is 412 g/mol. The molecule has 0 spiro atoms. The van der Waals surface area contributed by atoms with E-state index in [2.05, 4.69) is 10.0 Å². The number of ether oxygens (including phenoxy) is 4. The van der Waals surface area contributed by atoms with Gasteiger partial charge in [0.1, 0.15) is 23.7 Å². The van der Waals surface area contributed by atoms with E-state index >= 15 is 0 Å². The number of carbonyl (C=O) groups is 1. The number of nitrogens with one attached hydrogen (secondary N) is 2. The van der Waals surface area contributed by atoms with Gasteiger partial charge < -0.3 is 18.9 Å². The Morgan fingerprint density at radius 1 is 0.967 bits per heavy atom. The van der Waals surface area contributed by atoms with Gasteiger partial charge in [-0.2, -0.15) is 0 Å². The van der Waals surface area contributed by atoms with Crippen LogP contribution >= 0.6 is 0 Å². The summed E-state index contributed by atoms with van der Waals surface area (Å²) in [5, 5.41) is 2.65. The lowest BCUT2D eigenvalue weighted by Gasteiger charge is -2.17. The average molecular weight is 434 g/mol. The Kier molecular flexibility index (Phi) is 5.91. The lowest BCUT2D eigenvalue weighted by atomic mass is 10.1. The van der Waals surface area contributed by atoms with Gasteiger partial charge in [0.2, 0.25) is 10.0 Å². The van der Waals surface area contributed by atoms with Crippen molar-refractivity contribution >= 4 is 21.8 Å². The summed E-state index contributed by atoms with van der Waals surface area (Å²) in [4.78, 5) is 12.3. The fourth-order valence-electron chi connectivity index (χ4n) is 3.46. The second-order valence-electron chi connectivity index (χ2n) is 7.10. The number of hydrogen-bond donors (Lipinski definition) is 2. The van der Waals surface area contributed by atoms with Crippen molar-refractivity contribution in [3.8, 4) is 11.5 Å². The SMILES string of the molecule is CS(=O)(=O)N[C@H]1CO[C@H]2[C@@H]1OC[C@H]2OC(=O)Nc1ccc(Oc2ccccc2)cc1. The Morgan fingerprint density at radius 3 is 2.33 bits per heavy atom. The lowest BCUT2D eigenvalue weighted by Crippen LogP contribution is -2.44. The Hall–Kier alpha value is -2.66. The molecule has 4 atom stereocenters. The number of amides is 1. The summed E-state index contributed by atoms with van der Waals surface area (Å²) in [6.45, 7) is 0.293. The van der Waals surface area contributed by atoms with Crippen LogP contribution in [0.4, 0.5) is 10.5 Å². The highest BCUT2D eigenvalue weighted by atomic mass is 32.2. The fourth-order valence-corrected chi connectivity index (χ4v) is 4.21. The summed E-state index contributed by atoms with van der Waals surface area (Å²) >= 11 is 0. The summed E-state index contributed by atoms with van der Waals surface area (Å²) < 4.78 is 47.7. The second-order valence-corrected chi connectivity index (χ2v) is 8.88. The topological polar surface area (TPSA) is 112 Å². The number of rotatable bonds is 6. The standard InChI is InChI=1S/C20H22N2O7S/c1-30(24,25)22-16-11-26-19-17(12-27-18(16)19)29-20(23)21-13-7-9-15(10-8-13)28-14-5-3-2-4-6-14/h2-10,16-19,22H,11-12H2,1H3,(H,21,23)/t16-,17+,18+,19+/m0/s1. The molecular formula is C20H22N2O7S. The molecule has 0 unspecified atom stereocenters. The molecule has 2 aliphatic heterocycles. The van der Waals surface area contributed by atoms with Crippen LogP contribution in [-0.2, 0) is 24.2 Å². The van der Waals surface area contributed by atoms with Crippen molar-refractivity contribution in [3.05, 3.63) is 54.6 Å². The number of hydrogen-bond acceptors (Lipinski definition) is 7. The molecule has 2 aromatic rings. The molecule has 0 bridgehead atoms. The van der Waals surface area contributed by atoms with Crippen LogP contribution in [0.25, 0.3) is 0 Å². The van der Waals surface area contributed by atoms with Crippen LogP contribution in [0, 0.1) is 0 Å². The van der Waals surface area contributed by atoms with E-state index in [1.54, 1.807) is 24.3 Å². The maximum atomic E-state index is 12.3. The molecule has 10 heteroatoms. The number of benzene rings is 2. The smallest absolute Gasteiger partial charge is 0.412 e. The molecule has 2 saturated heterocycles. The summed E-state index contributed by atoms with van der Waals surface area (Å²) in [5.74, 6) is 1.35. The number of fused-ring (bicyclic) bond motifs is 1. The largest absolute Gasteiger partial charge is 0.457 e. The van der Waals surface area contributed by atoms with E-state index < -0.39 is 40.5 Å². The van der Waals surface area contributed by atoms with Crippen molar-refractivity contribution < 1.29 is 32.2 Å². The molecule has 2 heterocycles. The number of para-hydroxylation sites is 1. The molecule has 0 aliphatic carbocycles. The molecule has 9 nitrogen and oxygen atoms in total. The summed E-state index contributed by atoms with van der Waals surface area (Å²) in [7, 11) is -3.39. The molecule has 30 heavy (non-hydrogen) atoms. The molecule has 160 valence electrons. The first-order valence-corrected chi connectivity index (χ1v) is 11.3. The van der Waals surface area contributed by atoms with Gasteiger partial charge in [0.15, 0.2) is 6.10 Å². The van der Waals surface area contributed by atoms with Gasteiger partial charge >= 0.3 is 6.09 Å². The van der Waals surface area contributed by atoms with Gasteiger partial charge in [-0.15, -0.1) is 0 Å². The third-order valence-electron chi connectivity index (χ3n) is 4.71. The van der Waals surface area contributed by atoms with Crippen LogP contribution < -0.4 is 14.8 Å². The van der Waals surface area contributed by atoms with Crippen molar-refractivity contribution in [2.45, 2.75) is 24.4 Å². The lowest BCUT2D eigenvalue weighted by molar-refractivity contribution is 0.00884. The van der Waals surface area contributed by atoms with Crippen LogP contribution in [0.1, 0.15) is 0 Å². The van der Waals surface area contributed by atoms with Gasteiger partial charge in [0.25, 0.3) is 0 Å². The predicted molar refractivity (Wildman–Crippen MR) is 108 cm³/mol. The molecule has 1 amide bonds. The van der Waals surface area contributed by atoms with Crippen molar-refractivity contribution in [2.75, 3.05) is 24.8 Å². The molecule has 2 aromatic carbocycles. The van der Waals surface area contributed by atoms with E-state index in [1.807, 2.05) is 30.3 Å². The molecule has 2 fully saturated rings. The molecule has 0 radical (unpaired) electrons. The minimum absolute atomic E-state index is 0.133. The zero-order valence-corrected chi connectivity index (χ0v) is 17.0. The van der Waals surface area contributed by atoms with E-state index in [9.17, 15) is 13.2 Å². The van der Waals surface area contributed by atoms with Gasteiger partial charge in [0.05, 0.1) is 25.5 Å². The second kappa shape index (κ2) is 8.60. The maximum Gasteiger partial charge on any atom is 0.412 e. The number of anilines is 1. The Bertz CT molecular complexity index is 982. The van der Waals surface area contributed by atoms with Crippen molar-refractivity contribution in [2.24, 2.45) is 0 Å². The highest BCUT2D eigenvalue weighted by molar-refractivity contribution is 7.88. The minimum Gasteiger partial charge on any atom is -0.457 e. The quantitative estimate of drug-likeness (QED) is 0.716. The normalized spacial score (nSPS) is 25.5. The Balaban J connectivity index is 1.29. The predicted octanol–water partition coefficient (Wildman–Crippen LogP) is 2.11. The fraction of sp³-hybridized carbons (Fsp3) is 0.350. The number of sulfonamides is 1. The van der Waals surface area contributed by atoms with E-state index in [0.29, 0.717) is 17.2 Å². The van der Waals surface area contributed by atoms with Crippen LogP contribution in [0.3, 0.4) is 0 Å². The zero-order chi connectivity index (χ0) is 21.1. The minimum atomic E-state index is -3.39. The van der Waals surface area contributed by atoms with E-state index in [1.165, 1.54) is 0 Å². The van der Waals surface area contributed by atoms with E-state index in [0.717, 1.165) is 6.26 Å². The zero-order valence-electron chi connectivity index (χ0n) is 16.2. The van der Waals surface area contributed by atoms with E-state index in [-0.39, 0.29) is 13.2 Å². The summed E-state index contributed by atoms with van der Waals surface area (Å²) in [5.41, 5.74) is 0.542. The van der Waals surface area contributed by atoms with Crippen molar-refractivity contribution in [1.82, 2.24) is 4.72 Å². The highest BCUT2D eigenvalue weighted by Crippen LogP contribution is 2.29. The van der Waals surface area contributed by atoms with Gasteiger partial charge in [-0.05, 0) is 36.4 Å². The molecule has 0 saturated carbocycles. The summed E-state index contributed by atoms with van der Waals surface area (Å²) in [6, 6.07) is 15.7. The number of carbonyl (C=O) groups excluding carboxylic acids is 1. The average Bonchev–Trinajstić information content (AvgIpc) is 3.27. The van der Waals surface area contributed by atoms with Gasteiger partial charge in [-0.25, -0.2) is 17.9 Å². The first kappa shape index (κ1) is 20.6. The summed E-state index contributed by atoms with van der Waals surface area (Å²) in [6.07, 6.45) is -1.21. The third-order valence-corrected chi connectivity index (χ3v) is 5.44. The highest BCUT2D eigenvalue weighted by Gasteiger charge is 2.50. The monoisotopic (exact) mass is 434 g/mol. The molecule has 4 rings (SSSR count). The Labute approximate surface area is 174 Å². The van der Waals surface area contributed by atoms with Gasteiger partial charge in [-0.1, -0.05) is 18.2 Å². The van der Waals surface area contributed by atoms with Crippen LogP contribution in [0.15, 0.2) is 54.6 Å². The molecule has 2 N–H and O–H groups in total. The third kappa shape index (κ3) is 5.08. The molecule has 0 aromatic heterocycles. The van der Waals surface area contributed by atoms with Crippen LogP contribution in [0.5, 0.6) is 11.5 Å². The van der Waals surface area contributed by atoms with Crippen molar-refractivity contribution in [3.63, 3.8) is 0 Å². The first-order valence-electron chi connectivity index (χ1n) is 9.38. The van der Waals surface area contributed by atoms with Crippen LogP contribution in [-0.4, -0.2) is 58.3 Å². The maximum absolute atomic E-state index is 12.3. The van der Waals surface area contributed by atoms with Gasteiger partial charge in [-0.3, -0.25) is 5.32 Å². The van der Waals surface area contributed by atoms with Gasteiger partial charge in [0, 0.05) is 5.69 Å². The van der Waals surface area contributed by atoms with Crippen molar-refractivity contribution in [1.29, 1.82) is 0 Å². The first-order chi connectivity index (χ1) is 14.4. The molecule has 2 aliphatic rings. The Morgan fingerprint density at radius 2 is 1.63 bits per heavy atom. The van der Waals surface area contributed by atoms with E-state index in [4.69, 9.17) is 18.9 Å². The van der Waals surface area contributed by atoms with Crippen LogP contribution in [0.2, 0.25) is 0 Å².